The maximum atomic E-state index is 11.7. The third-order valence-corrected chi connectivity index (χ3v) is 4.09. The lowest BCUT2D eigenvalue weighted by Gasteiger charge is -2.19. The second-order valence-electron chi connectivity index (χ2n) is 2.94. The van der Waals surface area contributed by atoms with Crippen LogP contribution in [0.4, 0.5) is 0 Å². The largest absolute Gasteiger partial charge is 0.468 e. The SMILES string of the molecule is COC(=O)C(C)S(=O)(=O)N(C)CCC#N. The Balaban J connectivity index is 4.68. The van der Waals surface area contributed by atoms with Crippen molar-refractivity contribution in [1.82, 2.24) is 4.31 Å². The molecule has 0 aromatic rings. The van der Waals surface area contributed by atoms with Crippen LogP contribution in [0.5, 0.6) is 0 Å². The average Bonchev–Trinajstić information content (AvgIpc) is 2.23. The normalized spacial score (nSPS) is 13.3. The van der Waals surface area contributed by atoms with Gasteiger partial charge in [0, 0.05) is 20.0 Å². The number of carbonyl (C=O) groups excluding carboxylic acids is 1. The van der Waals surface area contributed by atoms with E-state index in [0.29, 0.717) is 0 Å². The molecule has 0 rings (SSSR count). The van der Waals surface area contributed by atoms with Crippen LogP contribution >= 0.6 is 0 Å². The molecule has 0 radical (unpaired) electrons. The fourth-order valence-electron chi connectivity index (χ4n) is 0.892. The van der Waals surface area contributed by atoms with Gasteiger partial charge in [-0.2, -0.15) is 5.26 Å². The van der Waals surface area contributed by atoms with Gasteiger partial charge in [-0.3, -0.25) is 4.79 Å². The summed E-state index contributed by atoms with van der Waals surface area (Å²) < 4.78 is 28.6. The molecular formula is C8H14N2O4S. The van der Waals surface area contributed by atoms with Crippen LogP contribution in [-0.4, -0.2) is 44.6 Å². The highest BCUT2D eigenvalue weighted by Gasteiger charge is 2.32. The summed E-state index contributed by atoms with van der Waals surface area (Å²) in [7, 11) is -1.26. The third-order valence-electron chi connectivity index (χ3n) is 1.95. The molecule has 0 aliphatic rings. The molecule has 0 heterocycles. The Kier molecular flexibility index (Phi) is 5.25. The van der Waals surface area contributed by atoms with Crippen molar-refractivity contribution in [2.24, 2.45) is 0 Å². The lowest BCUT2D eigenvalue weighted by Crippen LogP contribution is -2.39. The Labute approximate surface area is 89.5 Å². The molecule has 7 heteroatoms. The van der Waals surface area contributed by atoms with E-state index < -0.39 is 21.2 Å². The number of rotatable bonds is 5. The van der Waals surface area contributed by atoms with Crippen LogP contribution in [-0.2, 0) is 19.6 Å². The van der Waals surface area contributed by atoms with E-state index >= 15 is 0 Å². The number of nitriles is 1. The number of sulfonamides is 1. The molecule has 0 saturated carbocycles. The van der Waals surface area contributed by atoms with Gasteiger partial charge in [0.2, 0.25) is 10.0 Å². The molecule has 0 aromatic heterocycles. The standard InChI is InChI=1S/C8H14N2O4S/c1-7(8(11)14-3)15(12,13)10(2)6-4-5-9/h7H,4,6H2,1-3H3. The van der Waals surface area contributed by atoms with E-state index in [-0.39, 0.29) is 13.0 Å². The minimum atomic E-state index is -3.71. The van der Waals surface area contributed by atoms with Crippen molar-refractivity contribution < 1.29 is 17.9 Å². The molecule has 86 valence electrons. The lowest BCUT2D eigenvalue weighted by molar-refractivity contribution is -0.139. The van der Waals surface area contributed by atoms with E-state index in [1.165, 1.54) is 14.0 Å². The van der Waals surface area contributed by atoms with Gasteiger partial charge in [0.25, 0.3) is 0 Å². The Morgan fingerprint density at radius 3 is 2.53 bits per heavy atom. The molecule has 0 saturated heterocycles. The minimum absolute atomic E-state index is 0.0696. The Hall–Kier alpha value is -1.13. The summed E-state index contributed by atoms with van der Waals surface area (Å²) in [5.41, 5.74) is 0. The highest BCUT2D eigenvalue weighted by molar-refractivity contribution is 7.90. The van der Waals surface area contributed by atoms with Crippen molar-refractivity contribution in [2.75, 3.05) is 20.7 Å². The van der Waals surface area contributed by atoms with Gasteiger partial charge in [0.1, 0.15) is 0 Å². The van der Waals surface area contributed by atoms with Crippen molar-refractivity contribution >= 4 is 16.0 Å². The smallest absolute Gasteiger partial charge is 0.325 e. The number of ether oxygens (including phenoxy) is 1. The zero-order valence-corrected chi connectivity index (χ0v) is 9.74. The van der Waals surface area contributed by atoms with Crippen LogP contribution in [0, 0.1) is 11.3 Å². The second-order valence-corrected chi connectivity index (χ2v) is 5.30. The molecule has 6 nitrogen and oxygen atoms in total. The van der Waals surface area contributed by atoms with Crippen LogP contribution in [0.2, 0.25) is 0 Å². The van der Waals surface area contributed by atoms with Crippen molar-refractivity contribution in [1.29, 1.82) is 5.26 Å². The fourth-order valence-corrected chi connectivity index (χ4v) is 2.12. The van der Waals surface area contributed by atoms with Gasteiger partial charge < -0.3 is 4.74 Å². The van der Waals surface area contributed by atoms with Gasteiger partial charge in [0.05, 0.1) is 13.2 Å². The van der Waals surface area contributed by atoms with Gasteiger partial charge in [-0.25, -0.2) is 12.7 Å². The molecule has 0 N–H and O–H groups in total. The molecule has 0 bridgehead atoms. The lowest BCUT2D eigenvalue weighted by atomic mass is 10.5. The summed E-state index contributed by atoms with van der Waals surface area (Å²) in [5.74, 6) is -0.807. The van der Waals surface area contributed by atoms with Crippen molar-refractivity contribution in [2.45, 2.75) is 18.6 Å². The van der Waals surface area contributed by atoms with E-state index in [9.17, 15) is 13.2 Å². The van der Waals surface area contributed by atoms with Crippen molar-refractivity contribution in [3.05, 3.63) is 0 Å². The number of hydrogen-bond donors (Lipinski definition) is 0. The van der Waals surface area contributed by atoms with E-state index in [1.807, 2.05) is 6.07 Å². The average molecular weight is 234 g/mol. The molecule has 0 aromatic carbocycles. The summed E-state index contributed by atoms with van der Waals surface area (Å²) >= 11 is 0. The van der Waals surface area contributed by atoms with E-state index in [0.717, 1.165) is 11.4 Å². The van der Waals surface area contributed by atoms with Crippen LogP contribution in [0.15, 0.2) is 0 Å². The highest BCUT2D eigenvalue weighted by atomic mass is 32.2. The van der Waals surface area contributed by atoms with E-state index in [1.54, 1.807) is 0 Å². The Morgan fingerprint density at radius 2 is 2.13 bits per heavy atom. The van der Waals surface area contributed by atoms with Crippen LogP contribution in [0.3, 0.4) is 0 Å². The molecule has 0 aliphatic heterocycles. The van der Waals surface area contributed by atoms with E-state index in [2.05, 4.69) is 4.74 Å². The molecular weight excluding hydrogens is 220 g/mol. The fraction of sp³-hybridized carbons (Fsp3) is 0.750. The molecule has 1 atom stereocenters. The van der Waals surface area contributed by atoms with E-state index in [4.69, 9.17) is 5.26 Å². The molecule has 0 aliphatic carbocycles. The Bertz CT molecular complexity index is 357. The quantitative estimate of drug-likeness (QED) is 0.611. The topological polar surface area (TPSA) is 87.5 Å². The van der Waals surface area contributed by atoms with Gasteiger partial charge in [-0.05, 0) is 6.92 Å². The summed E-state index contributed by atoms with van der Waals surface area (Å²) in [5, 5.41) is 7.07. The Morgan fingerprint density at radius 1 is 1.60 bits per heavy atom. The monoisotopic (exact) mass is 234 g/mol. The minimum Gasteiger partial charge on any atom is -0.468 e. The van der Waals surface area contributed by atoms with Crippen molar-refractivity contribution in [3.63, 3.8) is 0 Å². The number of carbonyl (C=O) groups is 1. The number of hydrogen-bond acceptors (Lipinski definition) is 5. The van der Waals surface area contributed by atoms with Crippen molar-refractivity contribution in [3.8, 4) is 6.07 Å². The first kappa shape index (κ1) is 13.9. The number of nitrogens with zero attached hydrogens (tertiary/aromatic N) is 2. The van der Waals surface area contributed by atoms with Crippen LogP contribution in [0.1, 0.15) is 13.3 Å². The van der Waals surface area contributed by atoms with Crippen LogP contribution < -0.4 is 0 Å². The molecule has 0 fully saturated rings. The van der Waals surface area contributed by atoms with Crippen LogP contribution in [0.25, 0.3) is 0 Å². The first-order valence-electron chi connectivity index (χ1n) is 4.27. The molecule has 15 heavy (non-hydrogen) atoms. The maximum absolute atomic E-state index is 11.7. The first-order chi connectivity index (χ1) is 6.87. The third kappa shape index (κ3) is 3.49. The summed E-state index contributed by atoms with van der Waals surface area (Å²) in [6.45, 7) is 1.32. The molecule has 0 spiro atoms. The summed E-state index contributed by atoms with van der Waals surface area (Å²) in [6, 6.07) is 1.83. The summed E-state index contributed by atoms with van der Waals surface area (Å²) in [4.78, 5) is 11.0. The summed E-state index contributed by atoms with van der Waals surface area (Å²) in [6.07, 6.45) is 0.0869. The number of esters is 1. The highest BCUT2D eigenvalue weighted by Crippen LogP contribution is 2.08. The zero-order chi connectivity index (χ0) is 12.1. The van der Waals surface area contributed by atoms with Gasteiger partial charge >= 0.3 is 5.97 Å². The molecule has 1 unspecified atom stereocenters. The maximum Gasteiger partial charge on any atom is 0.325 e. The van der Waals surface area contributed by atoms with Gasteiger partial charge in [-0.1, -0.05) is 0 Å². The second kappa shape index (κ2) is 5.68. The predicted molar refractivity (Wildman–Crippen MR) is 53.3 cm³/mol. The predicted octanol–water partition coefficient (Wildman–Crippen LogP) is -0.277. The zero-order valence-electron chi connectivity index (χ0n) is 8.93. The first-order valence-corrected chi connectivity index (χ1v) is 5.78. The molecule has 0 amide bonds. The van der Waals surface area contributed by atoms with Gasteiger partial charge in [0.15, 0.2) is 5.25 Å². The van der Waals surface area contributed by atoms with Gasteiger partial charge in [-0.15, -0.1) is 0 Å². The number of methoxy groups -OCH3 is 1.